The molecule has 1 N–H and O–H groups in total. The number of aliphatic hydroxyl groups excluding tert-OH is 1. The summed E-state index contributed by atoms with van der Waals surface area (Å²) in [6, 6.07) is 19.7. The van der Waals surface area contributed by atoms with Crippen LogP contribution in [-0.2, 0) is 12.8 Å². The first kappa shape index (κ1) is 17.4. The Morgan fingerprint density at radius 2 is 1.76 bits per heavy atom. The van der Waals surface area contributed by atoms with Gasteiger partial charge in [-0.3, -0.25) is 4.98 Å². The quantitative estimate of drug-likeness (QED) is 0.657. The van der Waals surface area contributed by atoms with Crippen molar-refractivity contribution in [3.63, 3.8) is 0 Å². The second-order valence-electron chi connectivity index (χ2n) is 5.96. The Morgan fingerprint density at radius 3 is 2.48 bits per heavy atom. The van der Waals surface area contributed by atoms with Crippen molar-refractivity contribution in [2.45, 2.75) is 18.9 Å². The van der Waals surface area contributed by atoms with Crippen molar-refractivity contribution in [1.29, 1.82) is 0 Å². The van der Waals surface area contributed by atoms with E-state index in [-0.39, 0.29) is 0 Å². The van der Waals surface area contributed by atoms with Gasteiger partial charge in [-0.15, -0.1) is 0 Å². The van der Waals surface area contributed by atoms with Crippen molar-refractivity contribution in [3.8, 4) is 0 Å². The van der Waals surface area contributed by atoms with E-state index < -0.39 is 6.10 Å². The summed E-state index contributed by atoms with van der Waals surface area (Å²) < 4.78 is 0. The van der Waals surface area contributed by atoms with E-state index in [1.54, 1.807) is 24.4 Å². The predicted molar refractivity (Wildman–Crippen MR) is 104 cm³/mol. The maximum Gasteiger partial charge on any atom is 0.0975 e. The zero-order chi connectivity index (χ0) is 17.5. The highest BCUT2D eigenvalue weighted by Crippen LogP contribution is 2.20. The van der Waals surface area contributed by atoms with E-state index in [0.717, 1.165) is 24.0 Å². The second kappa shape index (κ2) is 8.61. The Balaban J connectivity index is 1.58. The van der Waals surface area contributed by atoms with E-state index in [9.17, 15) is 5.11 Å². The van der Waals surface area contributed by atoms with E-state index in [0.29, 0.717) is 5.02 Å². The number of aliphatic hydroxyl groups is 1. The van der Waals surface area contributed by atoms with E-state index in [2.05, 4.69) is 35.3 Å². The summed E-state index contributed by atoms with van der Waals surface area (Å²) in [5.41, 5.74) is 4.38. The van der Waals surface area contributed by atoms with Gasteiger partial charge in [-0.2, -0.15) is 0 Å². The molecule has 25 heavy (non-hydrogen) atoms. The van der Waals surface area contributed by atoms with Gasteiger partial charge in [-0.1, -0.05) is 66.2 Å². The average molecular weight is 350 g/mol. The molecule has 0 aliphatic rings. The lowest BCUT2D eigenvalue weighted by molar-refractivity contribution is 0.229. The number of rotatable bonds is 6. The Bertz CT molecular complexity index is 828. The Hall–Kier alpha value is -2.42. The monoisotopic (exact) mass is 349 g/mol. The molecule has 0 radical (unpaired) electrons. The molecule has 1 aromatic heterocycles. The van der Waals surface area contributed by atoms with Crippen molar-refractivity contribution < 1.29 is 5.11 Å². The number of hydrogen-bond acceptors (Lipinski definition) is 2. The van der Waals surface area contributed by atoms with Crippen molar-refractivity contribution >= 4 is 17.7 Å². The van der Waals surface area contributed by atoms with Crippen LogP contribution in [0.5, 0.6) is 0 Å². The van der Waals surface area contributed by atoms with Crippen LogP contribution in [0.3, 0.4) is 0 Å². The van der Waals surface area contributed by atoms with E-state index in [1.165, 1.54) is 11.1 Å². The van der Waals surface area contributed by atoms with Gasteiger partial charge in [0, 0.05) is 17.4 Å². The van der Waals surface area contributed by atoms with Gasteiger partial charge in [-0.25, -0.2) is 0 Å². The summed E-state index contributed by atoms with van der Waals surface area (Å²) in [5.74, 6) is 0. The molecule has 0 amide bonds. The molecule has 3 rings (SSSR count). The normalized spacial score (nSPS) is 12.4. The molecule has 0 bridgehead atoms. The number of aromatic nitrogens is 1. The van der Waals surface area contributed by atoms with E-state index >= 15 is 0 Å². The summed E-state index contributed by atoms with van der Waals surface area (Å²) in [5, 5.41) is 10.8. The molecule has 2 nitrogen and oxygen atoms in total. The van der Waals surface area contributed by atoms with Crippen molar-refractivity contribution in [2.75, 3.05) is 0 Å². The fraction of sp³-hybridized carbons (Fsp3) is 0.136. The molecule has 1 unspecified atom stereocenters. The summed E-state index contributed by atoms with van der Waals surface area (Å²) in [7, 11) is 0. The number of pyridine rings is 1. The Morgan fingerprint density at radius 1 is 0.960 bits per heavy atom. The molecule has 0 fully saturated rings. The topological polar surface area (TPSA) is 33.1 Å². The van der Waals surface area contributed by atoms with Crippen LogP contribution in [0, 0.1) is 0 Å². The third kappa shape index (κ3) is 5.28. The summed E-state index contributed by atoms with van der Waals surface area (Å²) >= 11 is 5.96. The number of benzene rings is 2. The summed E-state index contributed by atoms with van der Waals surface area (Å²) in [6.45, 7) is 0. The van der Waals surface area contributed by atoms with Crippen LogP contribution in [0.25, 0.3) is 6.08 Å². The van der Waals surface area contributed by atoms with Crippen LogP contribution in [0.2, 0.25) is 5.02 Å². The van der Waals surface area contributed by atoms with Crippen LogP contribution in [0.4, 0.5) is 0 Å². The minimum Gasteiger partial charge on any atom is -0.384 e. The predicted octanol–water partition coefficient (Wildman–Crippen LogP) is 5.27. The van der Waals surface area contributed by atoms with Crippen molar-refractivity contribution in [1.82, 2.24) is 4.98 Å². The van der Waals surface area contributed by atoms with Crippen LogP contribution in [-0.4, -0.2) is 10.1 Å². The Labute approximate surface area is 153 Å². The summed E-state index contributed by atoms with van der Waals surface area (Å²) in [6.07, 6.45) is 8.71. The minimum absolute atomic E-state index is 0.628. The average Bonchev–Trinajstić information content (AvgIpc) is 2.66. The number of nitrogens with zero attached hydrogens (tertiary/aromatic N) is 1. The van der Waals surface area contributed by atoms with E-state index in [1.807, 2.05) is 30.5 Å². The first-order valence-electron chi connectivity index (χ1n) is 8.30. The van der Waals surface area contributed by atoms with Crippen molar-refractivity contribution in [2.24, 2.45) is 0 Å². The maximum atomic E-state index is 10.2. The van der Waals surface area contributed by atoms with Gasteiger partial charge in [0.15, 0.2) is 0 Å². The molecule has 0 spiro atoms. The highest BCUT2D eigenvalue weighted by atomic mass is 35.5. The zero-order valence-corrected chi connectivity index (χ0v) is 14.6. The highest BCUT2D eigenvalue weighted by Gasteiger charge is 2.03. The molecule has 3 heteroatoms. The molecule has 0 saturated heterocycles. The molecular weight excluding hydrogens is 330 g/mol. The van der Waals surface area contributed by atoms with Crippen LogP contribution < -0.4 is 0 Å². The third-order valence-electron chi connectivity index (χ3n) is 4.07. The van der Waals surface area contributed by atoms with Gasteiger partial charge < -0.3 is 5.11 Å². The number of aryl methyl sites for hydroxylation is 2. The lowest BCUT2D eigenvalue weighted by Crippen LogP contribution is -1.93. The van der Waals surface area contributed by atoms with Gasteiger partial charge in [0.2, 0.25) is 0 Å². The lowest BCUT2D eigenvalue weighted by atomic mass is 10.0. The van der Waals surface area contributed by atoms with Gasteiger partial charge >= 0.3 is 0 Å². The molecule has 2 aromatic carbocycles. The van der Waals surface area contributed by atoms with Crippen LogP contribution >= 0.6 is 11.6 Å². The van der Waals surface area contributed by atoms with Gasteiger partial charge in [0.05, 0.1) is 6.10 Å². The zero-order valence-electron chi connectivity index (χ0n) is 13.8. The maximum absolute atomic E-state index is 10.2. The second-order valence-corrected chi connectivity index (χ2v) is 6.40. The van der Waals surface area contributed by atoms with Crippen LogP contribution in [0.1, 0.15) is 28.4 Å². The number of hydrogen-bond donors (Lipinski definition) is 1. The fourth-order valence-electron chi connectivity index (χ4n) is 2.63. The smallest absolute Gasteiger partial charge is 0.0975 e. The summed E-state index contributed by atoms with van der Waals surface area (Å²) in [4.78, 5) is 4.14. The molecular formula is C22H20ClNO. The molecule has 1 atom stereocenters. The molecule has 0 aliphatic heterocycles. The molecule has 0 saturated carbocycles. The largest absolute Gasteiger partial charge is 0.384 e. The standard InChI is InChI=1S/C22H20ClNO/c23-21-5-1-4-20(15-21)22(25)13-12-18-8-6-17(7-9-18)10-11-19-3-2-14-24-16-19/h1-9,12-16,22,25H,10-11H2/b13-12+. The van der Waals surface area contributed by atoms with Gasteiger partial charge in [-0.05, 0) is 53.3 Å². The molecule has 3 aromatic rings. The van der Waals surface area contributed by atoms with Crippen LogP contribution in [0.15, 0.2) is 79.1 Å². The first-order valence-corrected chi connectivity index (χ1v) is 8.68. The molecule has 1 heterocycles. The Kier molecular flexibility index (Phi) is 5.99. The van der Waals surface area contributed by atoms with Gasteiger partial charge in [0.25, 0.3) is 0 Å². The number of halogens is 1. The van der Waals surface area contributed by atoms with Gasteiger partial charge in [0.1, 0.15) is 0 Å². The highest BCUT2D eigenvalue weighted by molar-refractivity contribution is 6.30. The minimum atomic E-state index is -0.663. The van der Waals surface area contributed by atoms with E-state index in [4.69, 9.17) is 11.6 Å². The SMILES string of the molecule is OC(/C=C/c1ccc(CCc2cccnc2)cc1)c1cccc(Cl)c1. The van der Waals surface area contributed by atoms with Crippen molar-refractivity contribution in [3.05, 3.63) is 106 Å². The first-order chi connectivity index (χ1) is 12.2. The lowest BCUT2D eigenvalue weighted by Gasteiger charge is -2.06. The molecule has 126 valence electrons. The fourth-order valence-corrected chi connectivity index (χ4v) is 2.83. The molecule has 0 aliphatic carbocycles. The third-order valence-corrected chi connectivity index (χ3v) is 4.30.